The van der Waals surface area contributed by atoms with Crippen LogP contribution in [0.25, 0.3) is 16.3 Å². The Bertz CT molecular complexity index is 1210. The van der Waals surface area contributed by atoms with E-state index in [2.05, 4.69) is 26.7 Å². The van der Waals surface area contributed by atoms with Crippen LogP contribution in [-0.2, 0) is 6.54 Å². The van der Waals surface area contributed by atoms with Crippen LogP contribution >= 0.6 is 0 Å². The van der Waals surface area contributed by atoms with Crippen LogP contribution in [0.2, 0.25) is 0 Å². The van der Waals surface area contributed by atoms with Crippen molar-refractivity contribution in [2.24, 2.45) is 0 Å². The van der Waals surface area contributed by atoms with Crippen LogP contribution in [0.3, 0.4) is 0 Å². The lowest BCUT2D eigenvalue weighted by molar-refractivity contribution is 0.274. The van der Waals surface area contributed by atoms with E-state index in [-0.39, 0.29) is 24.2 Å². The van der Waals surface area contributed by atoms with Gasteiger partial charge in [-0.1, -0.05) is 6.08 Å². The molecule has 168 valence electrons. The van der Waals surface area contributed by atoms with Crippen molar-refractivity contribution in [1.82, 2.24) is 19.5 Å². The molecule has 0 atom stereocenters. The summed E-state index contributed by atoms with van der Waals surface area (Å²) in [6, 6.07) is 5.65. The fourth-order valence-corrected chi connectivity index (χ4v) is 3.90. The highest BCUT2D eigenvalue weighted by molar-refractivity contribution is 5.93. The number of anilines is 3. The first-order chi connectivity index (χ1) is 15.3. The number of nitrogens with one attached hydrogen (secondary N) is 2. The minimum atomic E-state index is -0.293. The van der Waals surface area contributed by atoms with Gasteiger partial charge in [0.05, 0.1) is 17.7 Å². The summed E-state index contributed by atoms with van der Waals surface area (Å²) in [7, 11) is 0. The number of rotatable bonds is 6. The predicted octanol–water partition coefficient (Wildman–Crippen LogP) is 4.09. The Hall–Kier alpha value is -3.26. The van der Waals surface area contributed by atoms with Crippen molar-refractivity contribution in [2.75, 3.05) is 17.2 Å². The third-order valence-corrected chi connectivity index (χ3v) is 5.34. The molecule has 0 amide bonds. The van der Waals surface area contributed by atoms with E-state index in [1.54, 1.807) is 12.5 Å². The van der Waals surface area contributed by atoms with Crippen molar-refractivity contribution in [3.63, 3.8) is 0 Å². The lowest BCUT2D eigenvalue weighted by atomic mass is 9.97. The fraction of sp³-hybridized carbons (Fsp3) is 0.417. The van der Waals surface area contributed by atoms with Crippen LogP contribution in [-0.4, -0.2) is 36.8 Å². The van der Waals surface area contributed by atoms with Gasteiger partial charge >= 0.3 is 0 Å². The molecule has 0 fully saturated rings. The van der Waals surface area contributed by atoms with E-state index in [9.17, 15) is 9.90 Å². The molecular weight excluding hydrogens is 404 g/mol. The largest absolute Gasteiger partial charge is 0.395 e. The normalized spacial score (nSPS) is 14.3. The Morgan fingerprint density at radius 1 is 1.16 bits per heavy atom. The van der Waals surface area contributed by atoms with Gasteiger partial charge in [0, 0.05) is 24.3 Å². The summed E-state index contributed by atoms with van der Waals surface area (Å²) < 4.78 is 1.50. The molecule has 0 radical (unpaired) electrons. The van der Waals surface area contributed by atoms with Gasteiger partial charge in [-0.25, -0.2) is 15.0 Å². The molecule has 1 aliphatic carbocycles. The average Bonchev–Trinajstić information content (AvgIpc) is 2.75. The fourth-order valence-electron chi connectivity index (χ4n) is 3.90. The molecular formula is C24H30N6O2. The van der Waals surface area contributed by atoms with E-state index >= 15 is 0 Å². The van der Waals surface area contributed by atoms with E-state index in [0.717, 1.165) is 23.9 Å². The number of hydrogen-bond donors (Lipinski definition) is 3. The highest BCUT2D eigenvalue weighted by atomic mass is 16.3. The minimum Gasteiger partial charge on any atom is -0.395 e. The van der Waals surface area contributed by atoms with Gasteiger partial charge in [0.25, 0.3) is 5.56 Å². The van der Waals surface area contributed by atoms with Crippen molar-refractivity contribution >= 4 is 33.8 Å². The summed E-state index contributed by atoms with van der Waals surface area (Å²) in [5, 5.41) is 17.2. The third kappa shape index (κ3) is 4.96. The van der Waals surface area contributed by atoms with Gasteiger partial charge < -0.3 is 20.3 Å². The Morgan fingerprint density at radius 2 is 2.00 bits per heavy atom. The summed E-state index contributed by atoms with van der Waals surface area (Å²) in [4.78, 5) is 26.6. The number of allylic oxidation sites excluding steroid dienone is 2. The van der Waals surface area contributed by atoms with Crippen molar-refractivity contribution in [1.29, 1.82) is 0 Å². The number of aliphatic hydroxyl groups is 1. The van der Waals surface area contributed by atoms with Crippen molar-refractivity contribution < 1.29 is 5.11 Å². The lowest BCUT2D eigenvalue weighted by Crippen LogP contribution is -2.29. The topological polar surface area (TPSA) is 105 Å². The van der Waals surface area contributed by atoms with Crippen LogP contribution in [0.5, 0.6) is 0 Å². The number of nitrogens with zero attached hydrogens (tertiary/aromatic N) is 4. The Morgan fingerprint density at radius 3 is 2.72 bits per heavy atom. The van der Waals surface area contributed by atoms with Gasteiger partial charge in [-0.2, -0.15) is 0 Å². The summed E-state index contributed by atoms with van der Waals surface area (Å²) in [6.45, 7) is 6.19. The number of aromatic nitrogens is 4. The zero-order valence-corrected chi connectivity index (χ0v) is 18.9. The molecule has 32 heavy (non-hydrogen) atoms. The van der Waals surface area contributed by atoms with E-state index in [4.69, 9.17) is 4.98 Å². The number of fused-ring (bicyclic) bond motifs is 1. The first-order valence-electron chi connectivity index (χ1n) is 11.1. The predicted molar refractivity (Wildman–Crippen MR) is 128 cm³/mol. The molecule has 3 N–H and O–H groups in total. The molecule has 0 spiro atoms. The number of pyridine rings is 2. The minimum absolute atomic E-state index is 0.104. The Labute approximate surface area is 187 Å². The quantitative estimate of drug-likeness (QED) is 0.537. The van der Waals surface area contributed by atoms with Crippen molar-refractivity contribution in [3.05, 3.63) is 52.8 Å². The van der Waals surface area contributed by atoms with Gasteiger partial charge in [-0.3, -0.25) is 4.79 Å². The van der Waals surface area contributed by atoms with E-state index < -0.39 is 0 Å². The molecule has 4 rings (SSSR count). The van der Waals surface area contributed by atoms with E-state index in [0.29, 0.717) is 22.8 Å². The standard InChI is InChI=1S/C24H30N6O2/c1-24(2,3)29-22-21-17(9-10-30(11-12-31)23(21)32)13-20(28-22)27-19-14-18(25-15-26-19)16-7-5-4-6-8-16/h7,9-10,13-15,31H,4-6,8,11-12H2,1-3H3,(H2,25,26,27,28,29). The van der Waals surface area contributed by atoms with Gasteiger partial charge in [0.15, 0.2) is 0 Å². The summed E-state index contributed by atoms with van der Waals surface area (Å²) in [5.41, 5.74) is 1.71. The molecule has 0 aromatic carbocycles. The van der Waals surface area contributed by atoms with E-state index in [1.807, 2.05) is 39.0 Å². The molecule has 3 aromatic rings. The molecule has 0 saturated heterocycles. The monoisotopic (exact) mass is 434 g/mol. The molecule has 8 heteroatoms. The SMILES string of the molecule is CC(C)(C)Nc1nc(Nc2cc(C3=CCCCC3)ncn2)cc2ccn(CCO)c(=O)c12. The summed E-state index contributed by atoms with van der Waals surface area (Å²) >= 11 is 0. The highest BCUT2D eigenvalue weighted by Crippen LogP contribution is 2.28. The third-order valence-electron chi connectivity index (χ3n) is 5.34. The van der Waals surface area contributed by atoms with Crippen molar-refractivity contribution in [3.8, 4) is 0 Å². The Kier molecular flexibility index (Phi) is 6.23. The van der Waals surface area contributed by atoms with Crippen LogP contribution in [0.4, 0.5) is 17.5 Å². The number of aliphatic hydroxyl groups excluding tert-OH is 1. The van der Waals surface area contributed by atoms with Gasteiger partial charge in [-0.05, 0) is 69.5 Å². The van der Waals surface area contributed by atoms with Crippen LogP contribution < -0.4 is 16.2 Å². The maximum atomic E-state index is 13.0. The average molecular weight is 435 g/mol. The molecule has 0 unspecified atom stereocenters. The van der Waals surface area contributed by atoms with Gasteiger partial charge in [-0.15, -0.1) is 0 Å². The van der Waals surface area contributed by atoms with Gasteiger partial charge in [0.1, 0.15) is 23.8 Å². The first kappa shape index (κ1) is 22.0. The maximum Gasteiger partial charge on any atom is 0.262 e. The van der Waals surface area contributed by atoms with Crippen molar-refractivity contribution in [2.45, 2.75) is 58.5 Å². The summed E-state index contributed by atoms with van der Waals surface area (Å²) in [5.74, 6) is 1.74. The number of hydrogen-bond acceptors (Lipinski definition) is 7. The molecule has 8 nitrogen and oxygen atoms in total. The van der Waals surface area contributed by atoms with Crippen LogP contribution in [0, 0.1) is 0 Å². The first-order valence-corrected chi connectivity index (χ1v) is 11.1. The second-order valence-electron chi connectivity index (χ2n) is 9.12. The maximum absolute atomic E-state index is 13.0. The molecule has 0 saturated carbocycles. The second-order valence-corrected chi connectivity index (χ2v) is 9.12. The molecule has 0 bridgehead atoms. The lowest BCUT2D eigenvalue weighted by Gasteiger charge is -2.23. The zero-order valence-electron chi connectivity index (χ0n) is 18.9. The van der Waals surface area contributed by atoms with E-state index in [1.165, 1.54) is 23.0 Å². The van der Waals surface area contributed by atoms with Crippen LogP contribution in [0.1, 0.15) is 52.1 Å². The summed E-state index contributed by atoms with van der Waals surface area (Å²) in [6.07, 6.45) is 10.0. The highest BCUT2D eigenvalue weighted by Gasteiger charge is 2.18. The molecule has 0 aliphatic heterocycles. The molecule has 3 aromatic heterocycles. The van der Waals surface area contributed by atoms with Crippen LogP contribution in [0.15, 0.2) is 41.6 Å². The smallest absolute Gasteiger partial charge is 0.262 e. The van der Waals surface area contributed by atoms with Gasteiger partial charge in [0.2, 0.25) is 0 Å². The second kappa shape index (κ2) is 9.08. The molecule has 1 aliphatic rings. The zero-order chi connectivity index (χ0) is 22.7. The molecule has 3 heterocycles. The Balaban J connectivity index is 1.74.